The fourth-order valence-corrected chi connectivity index (χ4v) is 2.89. The van der Waals surface area contributed by atoms with E-state index in [2.05, 4.69) is 5.32 Å². The molecule has 0 aliphatic rings. The molecule has 0 aliphatic heterocycles. The zero-order valence-electron chi connectivity index (χ0n) is 14.1. The Bertz CT molecular complexity index is 974. The maximum Gasteiger partial charge on any atom is 0.257 e. The van der Waals surface area contributed by atoms with E-state index in [9.17, 15) is 9.59 Å². The number of benzene rings is 3. The second-order valence-electron chi connectivity index (χ2n) is 5.68. The molecule has 4 nitrogen and oxygen atoms in total. The van der Waals surface area contributed by atoms with E-state index < -0.39 is 0 Å². The Morgan fingerprint density at radius 3 is 2.41 bits per heavy atom. The van der Waals surface area contributed by atoms with E-state index in [1.165, 1.54) is 6.07 Å². The summed E-state index contributed by atoms with van der Waals surface area (Å²) >= 11 is 11.9. The number of hydrogen-bond acceptors (Lipinski definition) is 3. The van der Waals surface area contributed by atoms with Gasteiger partial charge in [-0.05, 0) is 30.3 Å². The molecule has 0 saturated carbocycles. The van der Waals surface area contributed by atoms with Crippen molar-refractivity contribution in [3.8, 4) is 5.75 Å². The molecule has 0 aliphatic carbocycles. The van der Waals surface area contributed by atoms with Crippen LogP contribution in [0.15, 0.2) is 72.8 Å². The average Bonchev–Trinajstić information content (AvgIpc) is 2.67. The highest BCUT2D eigenvalue weighted by atomic mass is 35.5. The van der Waals surface area contributed by atoms with Gasteiger partial charge in [0, 0.05) is 22.3 Å². The SMILES string of the molecule is O=C(COc1cccc(NC(=O)c2ccc(Cl)cc2Cl)c1)c1ccccc1. The van der Waals surface area contributed by atoms with E-state index >= 15 is 0 Å². The third-order valence-corrected chi connectivity index (χ3v) is 4.28. The van der Waals surface area contributed by atoms with Crippen molar-refractivity contribution < 1.29 is 14.3 Å². The van der Waals surface area contributed by atoms with Crippen LogP contribution in [0, 0.1) is 0 Å². The minimum absolute atomic E-state index is 0.0928. The van der Waals surface area contributed by atoms with E-state index in [-0.39, 0.29) is 23.3 Å². The highest BCUT2D eigenvalue weighted by Gasteiger charge is 2.12. The minimum atomic E-state index is -0.367. The van der Waals surface area contributed by atoms with Gasteiger partial charge in [0.25, 0.3) is 5.91 Å². The second-order valence-corrected chi connectivity index (χ2v) is 6.53. The van der Waals surface area contributed by atoms with Crippen molar-refractivity contribution in [2.45, 2.75) is 0 Å². The maximum atomic E-state index is 12.4. The van der Waals surface area contributed by atoms with Gasteiger partial charge in [-0.25, -0.2) is 0 Å². The Morgan fingerprint density at radius 2 is 1.67 bits per heavy atom. The molecule has 0 aromatic heterocycles. The number of carbonyl (C=O) groups is 2. The van der Waals surface area contributed by atoms with Gasteiger partial charge in [0.15, 0.2) is 12.4 Å². The highest BCUT2D eigenvalue weighted by molar-refractivity contribution is 6.37. The van der Waals surface area contributed by atoms with E-state index in [0.717, 1.165) is 0 Å². The van der Waals surface area contributed by atoms with Crippen LogP contribution in [0.3, 0.4) is 0 Å². The lowest BCUT2D eigenvalue weighted by molar-refractivity contribution is 0.0920. The summed E-state index contributed by atoms with van der Waals surface area (Å²) in [5.41, 5.74) is 1.42. The van der Waals surface area contributed by atoms with Crippen LogP contribution in [0.25, 0.3) is 0 Å². The Hall–Kier alpha value is -2.82. The number of hydrogen-bond donors (Lipinski definition) is 1. The standard InChI is InChI=1S/C21H15Cl2NO3/c22-15-9-10-18(19(23)11-15)21(26)24-16-7-4-8-17(12-16)27-13-20(25)14-5-2-1-3-6-14/h1-12H,13H2,(H,24,26). The molecular weight excluding hydrogens is 385 g/mol. The minimum Gasteiger partial charge on any atom is -0.485 e. The van der Waals surface area contributed by atoms with Crippen LogP contribution in [0.5, 0.6) is 5.75 Å². The van der Waals surface area contributed by atoms with Crippen molar-refractivity contribution >= 4 is 40.6 Å². The number of ketones is 1. The molecule has 0 atom stereocenters. The van der Waals surface area contributed by atoms with E-state index in [1.54, 1.807) is 60.7 Å². The molecule has 0 spiro atoms. The molecule has 0 fully saturated rings. The summed E-state index contributed by atoms with van der Waals surface area (Å²) in [6.45, 7) is -0.0928. The van der Waals surface area contributed by atoms with Crippen molar-refractivity contribution in [3.05, 3.63) is 94.0 Å². The molecule has 3 aromatic rings. The van der Waals surface area contributed by atoms with Gasteiger partial charge in [-0.2, -0.15) is 0 Å². The Balaban J connectivity index is 1.65. The summed E-state index contributed by atoms with van der Waals surface area (Å²) in [7, 11) is 0. The van der Waals surface area contributed by atoms with Gasteiger partial charge in [0.1, 0.15) is 5.75 Å². The van der Waals surface area contributed by atoms with Crippen LogP contribution in [-0.2, 0) is 0 Å². The Kier molecular flexibility index (Phi) is 6.12. The van der Waals surface area contributed by atoms with Gasteiger partial charge in [-0.1, -0.05) is 59.6 Å². The van der Waals surface area contributed by atoms with Gasteiger partial charge in [0.2, 0.25) is 0 Å². The first-order valence-corrected chi connectivity index (χ1v) is 8.86. The number of carbonyl (C=O) groups excluding carboxylic acids is 2. The third kappa shape index (κ3) is 5.09. The summed E-state index contributed by atoms with van der Waals surface area (Å²) in [4.78, 5) is 24.5. The number of ether oxygens (including phenoxy) is 1. The first-order chi connectivity index (χ1) is 13.0. The van der Waals surface area contributed by atoms with Crippen LogP contribution in [-0.4, -0.2) is 18.3 Å². The monoisotopic (exact) mass is 399 g/mol. The normalized spacial score (nSPS) is 10.3. The van der Waals surface area contributed by atoms with E-state index in [1.807, 2.05) is 6.07 Å². The van der Waals surface area contributed by atoms with Crippen LogP contribution < -0.4 is 10.1 Å². The number of anilines is 1. The number of rotatable bonds is 6. The molecule has 6 heteroatoms. The fourth-order valence-electron chi connectivity index (χ4n) is 2.39. The summed E-state index contributed by atoms with van der Waals surface area (Å²) in [5, 5.41) is 3.47. The highest BCUT2D eigenvalue weighted by Crippen LogP contribution is 2.23. The number of nitrogens with one attached hydrogen (secondary N) is 1. The fraction of sp³-hybridized carbons (Fsp3) is 0.0476. The molecule has 3 aromatic carbocycles. The molecule has 0 unspecified atom stereocenters. The summed E-state index contributed by atoms with van der Waals surface area (Å²) in [6.07, 6.45) is 0. The Morgan fingerprint density at radius 1 is 0.889 bits per heavy atom. The zero-order valence-corrected chi connectivity index (χ0v) is 15.6. The van der Waals surface area contributed by atoms with E-state index in [4.69, 9.17) is 27.9 Å². The van der Waals surface area contributed by atoms with Gasteiger partial charge < -0.3 is 10.1 Å². The lowest BCUT2D eigenvalue weighted by Gasteiger charge is -2.10. The summed E-state index contributed by atoms with van der Waals surface area (Å²) in [6, 6.07) is 20.4. The zero-order chi connectivity index (χ0) is 19.2. The molecule has 0 saturated heterocycles. The largest absolute Gasteiger partial charge is 0.485 e. The topological polar surface area (TPSA) is 55.4 Å². The lowest BCUT2D eigenvalue weighted by atomic mass is 10.1. The molecule has 0 heterocycles. The van der Waals surface area contributed by atoms with Crippen molar-refractivity contribution in [2.75, 3.05) is 11.9 Å². The maximum absolute atomic E-state index is 12.4. The van der Waals surface area contributed by atoms with Gasteiger partial charge in [-0.3, -0.25) is 9.59 Å². The smallest absolute Gasteiger partial charge is 0.257 e. The Labute approximate surface area is 166 Å². The van der Waals surface area contributed by atoms with E-state index in [0.29, 0.717) is 27.6 Å². The number of amides is 1. The molecule has 1 N–H and O–H groups in total. The van der Waals surface area contributed by atoms with Crippen molar-refractivity contribution in [1.82, 2.24) is 0 Å². The van der Waals surface area contributed by atoms with Gasteiger partial charge in [0.05, 0.1) is 10.6 Å². The van der Waals surface area contributed by atoms with Crippen LogP contribution in [0.1, 0.15) is 20.7 Å². The van der Waals surface area contributed by atoms with Crippen LogP contribution >= 0.6 is 23.2 Å². The first kappa shape index (κ1) is 19.0. The van der Waals surface area contributed by atoms with Gasteiger partial charge >= 0.3 is 0 Å². The molecule has 136 valence electrons. The van der Waals surface area contributed by atoms with Crippen molar-refractivity contribution in [3.63, 3.8) is 0 Å². The van der Waals surface area contributed by atoms with Crippen molar-refractivity contribution in [1.29, 1.82) is 0 Å². The lowest BCUT2D eigenvalue weighted by Crippen LogP contribution is -2.13. The molecule has 1 amide bonds. The molecule has 3 rings (SSSR count). The van der Waals surface area contributed by atoms with Crippen molar-refractivity contribution in [2.24, 2.45) is 0 Å². The predicted octanol–water partition coefficient (Wildman–Crippen LogP) is 5.51. The molecule has 27 heavy (non-hydrogen) atoms. The number of Topliss-reactive ketones (excluding diaryl/α,β-unsaturated/α-hetero) is 1. The number of halogens is 2. The quantitative estimate of drug-likeness (QED) is 0.556. The summed E-state index contributed by atoms with van der Waals surface area (Å²) in [5.74, 6) is -0.0218. The second kappa shape index (κ2) is 8.71. The predicted molar refractivity (Wildman–Crippen MR) is 107 cm³/mol. The summed E-state index contributed by atoms with van der Waals surface area (Å²) < 4.78 is 5.55. The van der Waals surface area contributed by atoms with Gasteiger partial charge in [-0.15, -0.1) is 0 Å². The molecular formula is C21H15Cl2NO3. The van der Waals surface area contributed by atoms with Crippen LogP contribution in [0.2, 0.25) is 10.0 Å². The third-order valence-electron chi connectivity index (χ3n) is 3.73. The first-order valence-electron chi connectivity index (χ1n) is 8.10. The average molecular weight is 400 g/mol. The molecule has 0 bridgehead atoms. The molecule has 0 radical (unpaired) electrons. The van der Waals surface area contributed by atoms with Crippen LogP contribution in [0.4, 0.5) is 5.69 Å².